The summed E-state index contributed by atoms with van der Waals surface area (Å²) in [5.74, 6) is 0.533. The van der Waals surface area contributed by atoms with Gasteiger partial charge in [0.05, 0.1) is 6.21 Å². The van der Waals surface area contributed by atoms with Crippen LogP contribution in [0.3, 0.4) is 0 Å². The van der Waals surface area contributed by atoms with Crippen molar-refractivity contribution in [3.63, 3.8) is 0 Å². The molecule has 0 heterocycles. The van der Waals surface area contributed by atoms with Crippen LogP contribution in [0, 0.1) is 6.92 Å². The first kappa shape index (κ1) is 18.2. The van der Waals surface area contributed by atoms with Crippen molar-refractivity contribution < 1.29 is 14.6 Å². The van der Waals surface area contributed by atoms with Crippen LogP contribution in [-0.4, -0.2) is 17.2 Å². The average molecular weight is 360 g/mol. The summed E-state index contributed by atoms with van der Waals surface area (Å²) in [7, 11) is 0. The van der Waals surface area contributed by atoms with Gasteiger partial charge < -0.3 is 9.84 Å². The van der Waals surface area contributed by atoms with Crippen LogP contribution in [0.25, 0.3) is 0 Å². The first-order valence-corrected chi connectivity index (χ1v) is 8.51. The van der Waals surface area contributed by atoms with E-state index < -0.39 is 0 Å². The summed E-state index contributed by atoms with van der Waals surface area (Å²) in [5.41, 5.74) is 6.04. The number of hydrazone groups is 1. The van der Waals surface area contributed by atoms with Crippen molar-refractivity contribution in [3.05, 3.63) is 95.1 Å². The topological polar surface area (TPSA) is 70.9 Å². The molecular weight excluding hydrogens is 340 g/mol. The van der Waals surface area contributed by atoms with Gasteiger partial charge in [-0.15, -0.1) is 0 Å². The normalized spacial score (nSPS) is 10.7. The minimum absolute atomic E-state index is 0.111. The smallest absolute Gasteiger partial charge is 0.271 e. The number of carbonyl (C=O) groups excluding carboxylic acids is 1. The highest BCUT2D eigenvalue weighted by Crippen LogP contribution is 2.14. The summed E-state index contributed by atoms with van der Waals surface area (Å²) in [6.07, 6.45) is 1.56. The Morgan fingerprint density at radius 1 is 1.07 bits per heavy atom. The molecule has 1 amide bonds. The van der Waals surface area contributed by atoms with E-state index in [2.05, 4.69) is 29.6 Å². The van der Waals surface area contributed by atoms with E-state index in [1.165, 1.54) is 29.8 Å². The quantitative estimate of drug-likeness (QED) is 0.515. The standard InChI is InChI=1S/C22H20N2O3/c1-16-3-2-4-18(13-16)15-27-21-11-5-17(6-12-21)14-23-24-22(26)19-7-9-20(25)10-8-19/h2-14,25H,15H2,1H3,(H,24,26)/b23-14+. The van der Waals surface area contributed by atoms with Crippen LogP contribution < -0.4 is 10.2 Å². The number of hydrogen-bond donors (Lipinski definition) is 2. The van der Waals surface area contributed by atoms with Gasteiger partial charge in [-0.25, -0.2) is 5.43 Å². The van der Waals surface area contributed by atoms with Gasteiger partial charge in [-0.1, -0.05) is 29.8 Å². The molecule has 0 aliphatic rings. The van der Waals surface area contributed by atoms with E-state index in [-0.39, 0.29) is 11.7 Å². The Kier molecular flexibility index (Phi) is 5.84. The second kappa shape index (κ2) is 8.67. The number of ether oxygens (including phenoxy) is 1. The molecule has 0 saturated heterocycles. The van der Waals surface area contributed by atoms with Crippen molar-refractivity contribution in [1.82, 2.24) is 5.43 Å². The van der Waals surface area contributed by atoms with Crippen molar-refractivity contribution in [2.24, 2.45) is 5.10 Å². The fourth-order valence-corrected chi connectivity index (χ4v) is 2.46. The zero-order chi connectivity index (χ0) is 19.1. The van der Waals surface area contributed by atoms with Gasteiger partial charge in [0.1, 0.15) is 18.1 Å². The van der Waals surface area contributed by atoms with E-state index in [1.54, 1.807) is 6.21 Å². The maximum absolute atomic E-state index is 11.9. The number of aryl methyl sites for hydroxylation is 1. The summed E-state index contributed by atoms with van der Waals surface area (Å²) in [6, 6.07) is 21.6. The van der Waals surface area contributed by atoms with E-state index in [9.17, 15) is 9.90 Å². The minimum Gasteiger partial charge on any atom is -0.508 e. The fourth-order valence-electron chi connectivity index (χ4n) is 2.46. The van der Waals surface area contributed by atoms with E-state index in [4.69, 9.17) is 4.74 Å². The molecule has 0 spiro atoms. The van der Waals surface area contributed by atoms with Gasteiger partial charge in [-0.2, -0.15) is 5.10 Å². The van der Waals surface area contributed by atoms with Crippen molar-refractivity contribution in [2.75, 3.05) is 0 Å². The van der Waals surface area contributed by atoms with E-state index >= 15 is 0 Å². The summed E-state index contributed by atoms with van der Waals surface area (Å²) in [6.45, 7) is 2.57. The minimum atomic E-state index is -0.343. The molecule has 5 nitrogen and oxygen atoms in total. The second-order valence-corrected chi connectivity index (χ2v) is 6.09. The van der Waals surface area contributed by atoms with Gasteiger partial charge in [-0.05, 0) is 66.6 Å². The maximum atomic E-state index is 11.9. The zero-order valence-corrected chi connectivity index (χ0v) is 14.9. The van der Waals surface area contributed by atoms with Crippen molar-refractivity contribution in [3.8, 4) is 11.5 Å². The van der Waals surface area contributed by atoms with Crippen LogP contribution in [0.5, 0.6) is 11.5 Å². The largest absolute Gasteiger partial charge is 0.508 e. The molecule has 27 heavy (non-hydrogen) atoms. The number of carbonyl (C=O) groups is 1. The Morgan fingerprint density at radius 2 is 1.81 bits per heavy atom. The summed E-state index contributed by atoms with van der Waals surface area (Å²) in [4.78, 5) is 11.9. The Labute approximate surface area is 157 Å². The molecule has 0 aliphatic heterocycles. The van der Waals surface area contributed by atoms with Crippen LogP contribution in [0.1, 0.15) is 27.0 Å². The molecule has 5 heteroatoms. The third-order valence-electron chi connectivity index (χ3n) is 3.88. The number of rotatable bonds is 6. The van der Waals surface area contributed by atoms with E-state index in [0.717, 1.165) is 16.9 Å². The van der Waals surface area contributed by atoms with Gasteiger partial charge in [0.15, 0.2) is 0 Å². The van der Waals surface area contributed by atoms with Crippen LogP contribution in [0.4, 0.5) is 0 Å². The molecule has 3 rings (SSSR count). The predicted octanol–water partition coefficient (Wildman–Crippen LogP) is 4.04. The third kappa shape index (κ3) is 5.44. The summed E-state index contributed by atoms with van der Waals surface area (Å²) in [5, 5.41) is 13.2. The zero-order valence-electron chi connectivity index (χ0n) is 14.9. The molecule has 0 aromatic heterocycles. The maximum Gasteiger partial charge on any atom is 0.271 e. The van der Waals surface area contributed by atoms with Gasteiger partial charge in [0.25, 0.3) is 5.91 Å². The lowest BCUT2D eigenvalue weighted by molar-refractivity contribution is 0.0955. The van der Waals surface area contributed by atoms with Crippen molar-refractivity contribution in [1.29, 1.82) is 0 Å². The van der Waals surface area contributed by atoms with Crippen LogP contribution in [0.2, 0.25) is 0 Å². The lowest BCUT2D eigenvalue weighted by Crippen LogP contribution is -2.17. The lowest BCUT2D eigenvalue weighted by atomic mass is 10.1. The van der Waals surface area contributed by atoms with Crippen LogP contribution in [0.15, 0.2) is 77.9 Å². The van der Waals surface area contributed by atoms with Crippen LogP contribution in [-0.2, 0) is 6.61 Å². The number of phenols is 1. The number of hydrogen-bond acceptors (Lipinski definition) is 4. The Morgan fingerprint density at radius 3 is 2.52 bits per heavy atom. The van der Waals surface area contributed by atoms with Gasteiger partial charge >= 0.3 is 0 Å². The van der Waals surface area contributed by atoms with Crippen LogP contribution >= 0.6 is 0 Å². The van der Waals surface area contributed by atoms with Gasteiger partial charge in [0, 0.05) is 5.56 Å². The highest BCUT2D eigenvalue weighted by molar-refractivity contribution is 5.94. The lowest BCUT2D eigenvalue weighted by Gasteiger charge is -2.07. The highest BCUT2D eigenvalue weighted by Gasteiger charge is 2.03. The molecule has 0 aliphatic carbocycles. The number of nitrogens with zero attached hydrogens (tertiary/aromatic N) is 1. The molecular formula is C22H20N2O3. The summed E-state index contributed by atoms with van der Waals surface area (Å²) < 4.78 is 5.78. The molecule has 3 aromatic carbocycles. The van der Waals surface area contributed by atoms with Gasteiger partial charge in [-0.3, -0.25) is 4.79 Å². The molecule has 2 N–H and O–H groups in total. The molecule has 0 fully saturated rings. The second-order valence-electron chi connectivity index (χ2n) is 6.09. The summed E-state index contributed by atoms with van der Waals surface area (Å²) >= 11 is 0. The molecule has 0 bridgehead atoms. The monoisotopic (exact) mass is 360 g/mol. The van der Waals surface area contributed by atoms with Crippen molar-refractivity contribution >= 4 is 12.1 Å². The number of amides is 1. The van der Waals surface area contributed by atoms with Gasteiger partial charge in [0.2, 0.25) is 0 Å². The Bertz CT molecular complexity index is 933. The number of nitrogens with one attached hydrogen (secondary N) is 1. The molecule has 0 radical (unpaired) electrons. The molecule has 0 unspecified atom stereocenters. The molecule has 0 saturated carbocycles. The fraction of sp³-hybridized carbons (Fsp3) is 0.0909. The average Bonchev–Trinajstić information content (AvgIpc) is 2.68. The number of phenolic OH excluding ortho intramolecular Hbond substituents is 1. The SMILES string of the molecule is Cc1cccc(COc2ccc(/C=N/NC(=O)c3ccc(O)cc3)cc2)c1. The molecule has 3 aromatic rings. The molecule has 0 atom stereocenters. The first-order chi connectivity index (χ1) is 13.1. The number of benzene rings is 3. The Balaban J connectivity index is 1.51. The van der Waals surface area contributed by atoms with E-state index in [1.807, 2.05) is 36.4 Å². The Hall–Kier alpha value is -3.60. The first-order valence-electron chi connectivity index (χ1n) is 8.51. The third-order valence-corrected chi connectivity index (χ3v) is 3.88. The number of aromatic hydroxyl groups is 1. The van der Waals surface area contributed by atoms with E-state index in [0.29, 0.717) is 12.2 Å². The molecule has 136 valence electrons. The van der Waals surface area contributed by atoms with Crippen molar-refractivity contribution in [2.45, 2.75) is 13.5 Å². The highest BCUT2D eigenvalue weighted by atomic mass is 16.5. The predicted molar refractivity (Wildman–Crippen MR) is 105 cm³/mol.